The average Bonchev–Trinajstić information content (AvgIpc) is 2.88. The third kappa shape index (κ3) is 3.26. The number of nitrogens with zero attached hydrogens (tertiary/aromatic N) is 1. The number of carboxylic acid groups (broad SMARTS) is 1. The lowest BCUT2D eigenvalue weighted by atomic mass is 10.1. The molecule has 0 bridgehead atoms. The highest BCUT2D eigenvalue weighted by molar-refractivity contribution is 6.00. The maximum atomic E-state index is 11.9. The van der Waals surface area contributed by atoms with Gasteiger partial charge < -0.3 is 9.52 Å². The number of aryl methyl sites for hydroxylation is 1. The molecule has 0 spiro atoms. The maximum Gasteiger partial charge on any atom is 0.336 e. The molecule has 1 aromatic carbocycles. The van der Waals surface area contributed by atoms with Crippen LogP contribution >= 0.6 is 0 Å². The van der Waals surface area contributed by atoms with E-state index in [0.717, 1.165) is 0 Å². The second kappa shape index (κ2) is 6.49. The van der Waals surface area contributed by atoms with Crippen LogP contribution in [0.3, 0.4) is 0 Å². The van der Waals surface area contributed by atoms with Crippen LogP contribution < -0.4 is 5.43 Å². The van der Waals surface area contributed by atoms with Crippen molar-refractivity contribution in [2.75, 3.05) is 0 Å². The van der Waals surface area contributed by atoms with Gasteiger partial charge in [-0.25, -0.2) is 10.2 Å². The van der Waals surface area contributed by atoms with Crippen LogP contribution in [-0.2, 0) is 0 Å². The molecule has 2 N–H and O–H groups in total. The molecule has 112 valence electrons. The van der Waals surface area contributed by atoms with E-state index in [0.29, 0.717) is 17.6 Å². The zero-order valence-corrected chi connectivity index (χ0v) is 11.6. The van der Waals surface area contributed by atoms with E-state index in [1.807, 2.05) is 0 Å². The van der Waals surface area contributed by atoms with Gasteiger partial charge in [-0.3, -0.25) is 9.59 Å². The van der Waals surface area contributed by atoms with E-state index < -0.39 is 11.9 Å². The largest absolute Gasteiger partial charge is 0.478 e. The number of aromatic carboxylic acids is 1. The second-order valence-corrected chi connectivity index (χ2v) is 4.33. The molecule has 0 unspecified atom stereocenters. The number of nitrogens with one attached hydrogen (secondary N) is 1. The van der Waals surface area contributed by atoms with Crippen LogP contribution in [0.15, 0.2) is 39.9 Å². The number of benzene rings is 1. The molecule has 7 heteroatoms. The number of carboxylic acids is 1. The molecule has 1 heterocycles. The molecule has 2 aromatic rings. The Bertz CT molecular complexity index is 761. The van der Waals surface area contributed by atoms with Crippen molar-refractivity contribution in [1.82, 2.24) is 5.43 Å². The third-order valence-electron chi connectivity index (χ3n) is 2.86. The lowest BCUT2D eigenvalue weighted by Crippen LogP contribution is -2.18. The monoisotopic (exact) mass is 300 g/mol. The van der Waals surface area contributed by atoms with Gasteiger partial charge >= 0.3 is 5.97 Å². The molecule has 0 saturated heterocycles. The average molecular weight is 300 g/mol. The van der Waals surface area contributed by atoms with Gasteiger partial charge in [0.25, 0.3) is 5.91 Å². The zero-order chi connectivity index (χ0) is 16.1. The van der Waals surface area contributed by atoms with Crippen molar-refractivity contribution in [3.63, 3.8) is 0 Å². The Morgan fingerprint density at radius 1 is 1.27 bits per heavy atom. The van der Waals surface area contributed by atoms with Crippen molar-refractivity contribution in [2.24, 2.45) is 5.10 Å². The maximum absolute atomic E-state index is 11.9. The van der Waals surface area contributed by atoms with Gasteiger partial charge in [0.2, 0.25) is 0 Å². The molecule has 1 aromatic heterocycles. The molecule has 0 radical (unpaired) electrons. The molecule has 22 heavy (non-hydrogen) atoms. The summed E-state index contributed by atoms with van der Waals surface area (Å²) in [6.45, 7) is 1.55. The SMILES string of the molecule is Cc1oc(C=O)cc1C(=O)N/N=C/c1ccccc1C(=O)O. The molecule has 0 aliphatic carbocycles. The number of aldehydes is 1. The first-order valence-corrected chi connectivity index (χ1v) is 6.24. The van der Waals surface area contributed by atoms with E-state index in [2.05, 4.69) is 10.5 Å². The van der Waals surface area contributed by atoms with Crippen LogP contribution in [0.1, 0.15) is 42.6 Å². The minimum absolute atomic E-state index is 0.0443. The summed E-state index contributed by atoms with van der Waals surface area (Å²) in [5, 5.41) is 12.7. The zero-order valence-electron chi connectivity index (χ0n) is 11.6. The third-order valence-corrected chi connectivity index (χ3v) is 2.86. The summed E-state index contributed by atoms with van der Waals surface area (Å²) in [7, 11) is 0. The fraction of sp³-hybridized carbons (Fsp3) is 0.0667. The lowest BCUT2D eigenvalue weighted by molar-refractivity contribution is 0.0696. The van der Waals surface area contributed by atoms with Crippen LogP contribution in [0.25, 0.3) is 0 Å². The summed E-state index contributed by atoms with van der Waals surface area (Å²) in [5.74, 6) is -1.31. The summed E-state index contributed by atoms with van der Waals surface area (Å²) in [6, 6.07) is 7.55. The molecule has 0 aliphatic rings. The van der Waals surface area contributed by atoms with Crippen LogP contribution in [0.4, 0.5) is 0 Å². The second-order valence-electron chi connectivity index (χ2n) is 4.33. The van der Waals surface area contributed by atoms with Crippen LogP contribution in [0.5, 0.6) is 0 Å². The lowest BCUT2D eigenvalue weighted by Gasteiger charge is -2.00. The summed E-state index contributed by atoms with van der Waals surface area (Å²) < 4.78 is 5.04. The molecule has 2 rings (SSSR count). The van der Waals surface area contributed by atoms with Crippen LogP contribution in [0, 0.1) is 6.92 Å². The Morgan fingerprint density at radius 3 is 2.64 bits per heavy atom. The highest BCUT2D eigenvalue weighted by Crippen LogP contribution is 2.13. The summed E-state index contributed by atoms with van der Waals surface area (Å²) in [5.41, 5.74) is 2.87. The number of hydrogen-bond acceptors (Lipinski definition) is 5. The van der Waals surface area contributed by atoms with Crippen molar-refractivity contribution >= 4 is 24.4 Å². The van der Waals surface area contributed by atoms with Gasteiger partial charge in [0.05, 0.1) is 17.3 Å². The minimum Gasteiger partial charge on any atom is -0.478 e. The van der Waals surface area contributed by atoms with Gasteiger partial charge in [-0.1, -0.05) is 18.2 Å². The van der Waals surface area contributed by atoms with Gasteiger partial charge in [0, 0.05) is 11.6 Å². The molecule has 0 atom stereocenters. The van der Waals surface area contributed by atoms with E-state index in [4.69, 9.17) is 9.52 Å². The number of carbonyl (C=O) groups is 3. The first-order chi connectivity index (χ1) is 10.5. The van der Waals surface area contributed by atoms with Crippen molar-refractivity contribution in [2.45, 2.75) is 6.92 Å². The molecular formula is C15H12N2O5. The van der Waals surface area contributed by atoms with Crippen LogP contribution in [0.2, 0.25) is 0 Å². The van der Waals surface area contributed by atoms with Gasteiger partial charge in [-0.05, 0) is 13.0 Å². The summed E-state index contributed by atoms with van der Waals surface area (Å²) >= 11 is 0. The van der Waals surface area contributed by atoms with E-state index in [9.17, 15) is 14.4 Å². The van der Waals surface area contributed by atoms with Crippen molar-refractivity contribution < 1.29 is 23.9 Å². The molecule has 1 amide bonds. The van der Waals surface area contributed by atoms with Gasteiger partial charge in [0.1, 0.15) is 5.76 Å². The number of hydrazone groups is 1. The Hall–Kier alpha value is -3.22. The predicted octanol–water partition coefficient (Wildman–Crippen LogP) is 1.86. The quantitative estimate of drug-likeness (QED) is 0.497. The van der Waals surface area contributed by atoms with Gasteiger partial charge in [-0.2, -0.15) is 5.10 Å². The molecule has 7 nitrogen and oxygen atoms in total. The molecule has 0 fully saturated rings. The first-order valence-electron chi connectivity index (χ1n) is 6.24. The Labute approximate surface area is 125 Å². The number of rotatable bonds is 5. The minimum atomic E-state index is -1.09. The number of amides is 1. The van der Waals surface area contributed by atoms with Crippen molar-refractivity contribution in [3.8, 4) is 0 Å². The number of carbonyl (C=O) groups excluding carboxylic acids is 2. The van der Waals surface area contributed by atoms with Crippen molar-refractivity contribution in [1.29, 1.82) is 0 Å². The normalized spacial score (nSPS) is 10.6. The van der Waals surface area contributed by atoms with Crippen molar-refractivity contribution in [3.05, 3.63) is 58.5 Å². The summed E-state index contributed by atoms with van der Waals surface area (Å²) in [6.07, 6.45) is 1.73. The first kappa shape index (κ1) is 15.2. The Balaban J connectivity index is 2.12. The summed E-state index contributed by atoms with van der Waals surface area (Å²) in [4.78, 5) is 33.5. The number of furan rings is 1. The smallest absolute Gasteiger partial charge is 0.336 e. The molecule has 0 saturated carbocycles. The van der Waals surface area contributed by atoms with Crippen LogP contribution in [-0.4, -0.2) is 29.5 Å². The predicted molar refractivity (Wildman–Crippen MR) is 77.3 cm³/mol. The van der Waals surface area contributed by atoms with E-state index in [1.54, 1.807) is 25.1 Å². The topological polar surface area (TPSA) is 109 Å². The Morgan fingerprint density at radius 2 is 2.00 bits per heavy atom. The standard InChI is InChI=1S/C15H12N2O5/c1-9-13(6-11(8-18)22-9)14(19)17-16-7-10-4-2-3-5-12(10)15(20)21/h2-8H,1H3,(H,17,19)(H,20,21)/b16-7+. The highest BCUT2D eigenvalue weighted by atomic mass is 16.4. The fourth-order valence-electron chi connectivity index (χ4n) is 1.81. The van der Waals surface area contributed by atoms with E-state index in [-0.39, 0.29) is 16.9 Å². The molecular weight excluding hydrogens is 288 g/mol. The number of hydrogen-bond donors (Lipinski definition) is 2. The molecule has 0 aliphatic heterocycles. The van der Waals surface area contributed by atoms with E-state index >= 15 is 0 Å². The Kier molecular flexibility index (Phi) is 4.47. The fourth-order valence-corrected chi connectivity index (χ4v) is 1.81. The van der Waals surface area contributed by atoms with Gasteiger partial charge in [0.15, 0.2) is 12.0 Å². The van der Waals surface area contributed by atoms with E-state index in [1.165, 1.54) is 18.3 Å². The van der Waals surface area contributed by atoms with Gasteiger partial charge in [-0.15, -0.1) is 0 Å². The highest BCUT2D eigenvalue weighted by Gasteiger charge is 2.14.